The highest BCUT2D eigenvalue weighted by molar-refractivity contribution is 5.86. The van der Waals surface area contributed by atoms with Crippen LogP contribution in [0.3, 0.4) is 0 Å². The van der Waals surface area contributed by atoms with E-state index >= 15 is 0 Å². The number of benzene rings is 1. The molecular formula is C16H26N4O2. The van der Waals surface area contributed by atoms with Gasteiger partial charge in [0, 0.05) is 27.2 Å². The first-order valence-corrected chi connectivity index (χ1v) is 7.48. The van der Waals surface area contributed by atoms with Gasteiger partial charge in [-0.15, -0.1) is 0 Å². The largest absolute Gasteiger partial charge is 0.383 e. The summed E-state index contributed by atoms with van der Waals surface area (Å²) >= 11 is 0. The van der Waals surface area contributed by atoms with E-state index in [0.717, 1.165) is 6.42 Å². The number of guanidine groups is 1. The second-order valence-electron chi connectivity index (χ2n) is 4.74. The van der Waals surface area contributed by atoms with Crippen molar-refractivity contribution in [3.63, 3.8) is 0 Å². The van der Waals surface area contributed by atoms with Crippen LogP contribution in [0.2, 0.25) is 0 Å². The van der Waals surface area contributed by atoms with E-state index in [1.807, 2.05) is 12.1 Å². The van der Waals surface area contributed by atoms with Gasteiger partial charge in [0.15, 0.2) is 5.96 Å². The van der Waals surface area contributed by atoms with Crippen molar-refractivity contribution >= 4 is 11.9 Å². The normalized spacial score (nSPS) is 11.1. The van der Waals surface area contributed by atoms with Gasteiger partial charge in [-0.2, -0.15) is 0 Å². The number of aryl methyl sites for hydroxylation is 1. The molecule has 0 fully saturated rings. The predicted octanol–water partition coefficient (Wildman–Crippen LogP) is 0.677. The molecule has 0 aliphatic carbocycles. The van der Waals surface area contributed by atoms with Gasteiger partial charge in [0.25, 0.3) is 0 Å². The number of amides is 1. The first-order chi connectivity index (χ1) is 10.7. The number of ether oxygens (including phenoxy) is 1. The van der Waals surface area contributed by atoms with Crippen molar-refractivity contribution in [2.24, 2.45) is 4.99 Å². The summed E-state index contributed by atoms with van der Waals surface area (Å²) in [6.07, 6.45) is 0.992. The van der Waals surface area contributed by atoms with Crippen molar-refractivity contribution in [3.8, 4) is 0 Å². The van der Waals surface area contributed by atoms with Crippen LogP contribution in [0.5, 0.6) is 0 Å². The summed E-state index contributed by atoms with van der Waals surface area (Å²) in [6, 6.07) is 8.28. The summed E-state index contributed by atoms with van der Waals surface area (Å²) in [7, 11) is 3.29. The minimum absolute atomic E-state index is 0.0889. The van der Waals surface area contributed by atoms with Crippen molar-refractivity contribution < 1.29 is 9.53 Å². The number of nitrogens with one attached hydrogen (secondary N) is 3. The van der Waals surface area contributed by atoms with Crippen molar-refractivity contribution in [2.45, 2.75) is 19.9 Å². The van der Waals surface area contributed by atoms with Crippen molar-refractivity contribution in [2.75, 3.05) is 33.9 Å². The number of hydrogen-bond acceptors (Lipinski definition) is 3. The topological polar surface area (TPSA) is 74.8 Å². The number of carbonyl (C=O) groups excluding carboxylic acids is 1. The molecule has 0 radical (unpaired) electrons. The molecule has 1 rings (SSSR count). The monoisotopic (exact) mass is 306 g/mol. The van der Waals surface area contributed by atoms with E-state index in [2.05, 4.69) is 40.0 Å². The van der Waals surface area contributed by atoms with Gasteiger partial charge >= 0.3 is 0 Å². The fraction of sp³-hybridized carbons (Fsp3) is 0.500. The van der Waals surface area contributed by atoms with Gasteiger partial charge in [-0.1, -0.05) is 31.2 Å². The first-order valence-electron chi connectivity index (χ1n) is 7.48. The summed E-state index contributed by atoms with van der Waals surface area (Å²) < 4.78 is 4.88. The second-order valence-corrected chi connectivity index (χ2v) is 4.74. The number of nitrogens with zero attached hydrogens (tertiary/aromatic N) is 1. The smallest absolute Gasteiger partial charge is 0.239 e. The van der Waals surface area contributed by atoms with Crippen LogP contribution in [0.4, 0.5) is 0 Å². The van der Waals surface area contributed by atoms with Crippen LogP contribution < -0.4 is 16.0 Å². The second kappa shape index (κ2) is 10.6. The third-order valence-corrected chi connectivity index (χ3v) is 3.21. The van der Waals surface area contributed by atoms with Gasteiger partial charge < -0.3 is 20.7 Å². The molecule has 1 aromatic carbocycles. The van der Waals surface area contributed by atoms with Gasteiger partial charge in [-0.25, -0.2) is 0 Å². The number of carbonyl (C=O) groups is 1. The van der Waals surface area contributed by atoms with E-state index in [9.17, 15) is 4.79 Å². The highest BCUT2D eigenvalue weighted by Gasteiger charge is 2.04. The van der Waals surface area contributed by atoms with Gasteiger partial charge in [0.2, 0.25) is 5.91 Å². The van der Waals surface area contributed by atoms with Crippen molar-refractivity contribution in [1.29, 1.82) is 0 Å². The van der Waals surface area contributed by atoms with E-state index in [1.54, 1.807) is 14.2 Å². The van der Waals surface area contributed by atoms with Crippen LogP contribution in [-0.4, -0.2) is 45.7 Å². The number of rotatable bonds is 8. The molecule has 0 unspecified atom stereocenters. The standard InChI is InChI=1S/C16H26N4O2/c1-4-13-7-5-6-8-14(13)11-19-16(17-2)20-12-15(21)18-9-10-22-3/h5-8H,4,9-12H2,1-3H3,(H,18,21)(H2,17,19,20). The van der Waals surface area contributed by atoms with Crippen LogP contribution in [0.25, 0.3) is 0 Å². The Morgan fingerprint density at radius 2 is 1.91 bits per heavy atom. The molecule has 6 heteroatoms. The fourth-order valence-corrected chi connectivity index (χ4v) is 1.99. The Bertz CT molecular complexity index is 489. The number of hydrogen-bond donors (Lipinski definition) is 3. The Kier molecular flexibility index (Phi) is 8.67. The van der Waals surface area contributed by atoms with Gasteiger partial charge in [-0.05, 0) is 17.5 Å². The molecule has 0 aliphatic heterocycles. The predicted molar refractivity (Wildman–Crippen MR) is 88.9 cm³/mol. The highest BCUT2D eigenvalue weighted by Crippen LogP contribution is 2.08. The van der Waals surface area contributed by atoms with Crippen molar-refractivity contribution in [1.82, 2.24) is 16.0 Å². The third-order valence-electron chi connectivity index (χ3n) is 3.21. The van der Waals surface area contributed by atoms with Crippen LogP contribution in [0.1, 0.15) is 18.1 Å². The third kappa shape index (κ3) is 6.58. The molecule has 0 atom stereocenters. The Balaban J connectivity index is 2.38. The first kappa shape index (κ1) is 18.0. The maximum atomic E-state index is 11.6. The molecule has 0 aliphatic rings. The Labute approximate surface area is 132 Å². The Morgan fingerprint density at radius 1 is 1.18 bits per heavy atom. The average Bonchev–Trinajstić information content (AvgIpc) is 2.55. The van der Waals surface area contributed by atoms with E-state index in [-0.39, 0.29) is 12.5 Å². The maximum absolute atomic E-state index is 11.6. The molecule has 22 heavy (non-hydrogen) atoms. The average molecular weight is 306 g/mol. The van der Waals surface area contributed by atoms with E-state index < -0.39 is 0 Å². The van der Waals surface area contributed by atoms with Crippen molar-refractivity contribution in [3.05, 3.63) is 35.4 Å². The summed E-state index contributed by atoms with van der Waals surface area (Å²) in [4.78, 5) is 15.7. The lowest BCUT2D eigenvalue weighted by Crippen LogP contribution is -2.43. The number of aliphatic imine (C=N–C) groups is 1. The fourth-order valence-electron chi connectivity index (χ4n) is 1.99. The van der Waals surface area contributed by atoms with Gasteiger partial charge in [-0.3, -0.25) is 9.79 Å². The maximum Gasteiger partial charge on any atom is 0.239 e. The molecule has 0 bridgehead atoms. The molecule has 0 saturated carbocycles. The minimum Gasteiger partial charge on any atom is -0.383 e. The SMILES string of the molecule is CCc1ccccc1CNC(=NC)NCC(=O)NCCOC. The molecule has 0 aromatic heterocycles. The molecule has 0 saturated heterocycles. The molecule has 3 N–H and O–H groups in total. The lowest BCUT2D eigenvalue weighted by atomic mass is 10.1. The highest BCUT2D eigenvalue weighted by atomic mass is 16.5. The molecule has 0 spiro atoms. The Hall–Kier alpha value is -2.08. The lowest BCUT2D eigenvalue weighted by Gasteiger charge is -2.13. The molecule has 6 nitrogen and oxygen atoms in total. The van der Waals surface area contributed by atoms with Crippen LogP contribution in [0, 0.1) is 0 Å². The minimum atomic E-state index is -0.0889. The molecule has 1 amide bonds. The molecule has 1 aromatic rings. The van der Waals surface area contributed by atoms with E-state index in [1.165, 1.54) is 11.1 Å². The van der Waals surface area contributed by atoms with Crippen LogP contribution in [-0.2, 0) is 22.5 Å². The summed E-state index contributed by atoms with van der Waals surface area (Å²) in [6.45, 7) is 4.00. The summed E-state index contributed by atoms with van der Waals surface area (Å²) in [5, 5.41) is 8.95. The molecule has 122 valence electrons. The number of methoxy groups -OCH3 is 1. The van der Waals surface area contributed by atoms with Gasteiger partial charge in [0.1, 0.15) is 0 Å². The quantitative estimate of drug-likeness (QED) is 0.375. The summed E-state index contributed by atoms with van der Waals surface area (Å²) in [5.41, 5.74) is 2.54. The van der Waals surface area contributed by atoms with E-state index in [0.29, 0.717) is 25.7 Å². The molecule has 0 heterocycles. The Morgan fingerprint density at radius 3 is 2.55 bits per heavy atom. The molecular weight excluding hydrogens is 280 g/mol. The zero-order chi connectivity index (χ0) is 16.2. The van der Waals surface area contributed by atoms with Crippen LogP contribution in [0.15, 0.2) is 29.3 Å². The summed E-state index contributed by atoms with van der Waals surface area (Å²) in [5.74, 6) is 0.516. The lowest BCUT2D eigenvalue weighted by molar-refractivity contribution is -0.120. The zero-order valence-corrected chi connectivity index (χ0v) is 13.6. The zero-order valence-electron chi connectivity index (χ0n) is 13.6. The van der Waals surface area contributed by atoms with Crippen LogP contribution >= 0.6 is 0 Å². The van der Waals surface area contributed by atoms with E-state index in [4.69, 9.17) is 4.74 Å². The van der Waals surface area contributed by atoms with Gasteiger partial charge in [0.05, 0.1) is 13.2 Å².